The predicted octanol–water partition coefficient (Wildman–Crippen LogP) is 2.17. The molecule has 0 aliphatic heterocycles. The summed E-state index contributed by atoms with van der Waals surface area (Å²) in [5.41, 5.74) is 8.86. The van der Waals surface area contributed by atoms with Gasteiger partial charge in [-0.1, -0.05) is 6.07 Å². The summed E-state index contributed by atoms with van der Waals surface area (Å²) in [4.78, 5) is 0. The lowest BCUT2D eigenvalue weighted by molar-refractivity contribution is 0.283. The molecule has 0 aliphatic carbocycles. The zero-order chi connectivity index (χ0) is 11.7. The van der Waals surface area contributed by atoms with Gasteiger partial charge < -0.3 is 15.4 Å². The quantitative estimate of drug-likeness (QED) is 0.829. The first-order chi connectivity index (χ1) is 7.67. The maximum absolute atomic E-state index is 9.35. The molecule has 0 fully saturated rings. The monoisotopic (exact) mass is 218 g/mol. The van der Waals surface area contributed by atoms with Crippen LogP contribution in [0.1, 0.15) is 31.0 Å². The van der Waals surface area contributed by atoms with E-state index in [1.807, 2.05) is 12.3 Å². The van der Waals surface area contributed by atoms with Crippen LogP contribution < -0.4 is 5.73 Å². The average Bonchev–Trinajstić information content (AvgIpc) is 2.66. The van der Waals surface area contributed by atoms with Crippen LogP contribution in [-0.2, 0) is 13.2 Å². The standard InChI is InChI=1S/C13H18N2O/c1-9(2)15-7-11(8-16)12-5-10(6-14)3-4-13(12)15/h3-5,7,9,16H,6,8,14H2,1-2H3. The van der Waals surface area contributed by atoms with E-state index in [0.29, 0.717) is 12.6 Å². The Bertz CT molecular complexity index is 500. The second kappa shape index (κ2) is 4.28. The molecule has 0 bridgehead atoms. The molecule has 1 aromatic heterocycles. The van der Waals surface area contributed by atoms with E-state index in [1.165, 1.54) is 0 Å². The van der Waals surface area contributed by atoms with Crippen molar-refractivity contribution < 1.29 is 5.11 Å². The van der Waals surface area contributed by atoms with Crippen LogP contribution in [0.4, 0.5) is 0 Å². The molecule has 16 heavy (non-hydrogen) atoms. The van der Waals surface area contributed by atoms with Gasteiger partial charge in [-0.3, -0.25) is 0 Å². The minimum atomic E-state index is 0.0737. The zero-order valence-electron chi connectivity index (χ0n) is 9.77. The highest BCUT2D eigenvalue weighted by atomic mass is 16.3. The Hall–Kier alpha value is -1.32. The lowest BCUT2D eigenvalue weighted by Crippen LogP contribution is -1.99. The van der Waals surface area contributed by atoms with Crippen LogP contribution in [0.15, 0.2) is 24.4 Å². The van der Waals surface area contributed by atoms with E-state index in [-0.39, 0.29) is 6.61 Å². The molecule has 2 rings (SSSR count). The van der Waals surface area contributed by atoms with E-state index in [9.17, 15) is 5.11 Å². The minimum absolute atomic E-state index is 0.0737. The number of rotatable bonds is 3. The Morgan fingerprint density at radius 1 is 1.38 bits per heavy atom. The number of fused-ring (bicyclic) bond motifs is 1. The fraction of sp³-hybridized carbons (Fsp3) is 0.385. The molecule has 1 aromatic carbocycles. The maximum atomic E-state index is 9.35. The molecule has 0 unspecified atom stereocenters. The highest BCUT2D eigenvalue weighted by Crippen LogP contribution is 2.25. The number of aromatic nitrogens is 1. The van der Waals surface area contributed by atoms with Gasteiger partial charge in [0, 0.05) is 35.2 Å². The molecule has 0 aliphatic rings. The van der Waals surface area contributed by atoms with Crippen LogP contribution in [0, 0.1) is 0 Å². The largest absolute Gasteiger partial charge is 0.392 e. The number of hydrogen-bond donors (Lipinski definition) is 2. The highest BCUT2D eigenvalue weighted by Gasteiger charge is 2.10. The first-order valence-electron chi connectivity index (χ1n) is 5.60. The summed E-state index contributed by atoms with van der Waals surface area (Å²) in [7, 11) is 0. The van der Waals surface area contributed by atoms with Crippen LogP contribution in [0.3, 0.4) is 0 Å². The molecule has 2 aromatic rings. The van der Waals surface area contributed by atoms with E-state index >= 15 is 0 Å². The lowest BCUT2D eigenvalue weighted by atomic mass is 10.1. The van der Waals surface area contributed by atoms with Crippen molar-refractivity contribution in [2.75, 3.05) is 0 Å². The summed E-state index contributed by atoms with van der Waals surface area (Å²) in [6.07, 6.45) is 2.02. The third-order valence-electron chi connectivity index (χ3n) is 2.94. The van der Waals surface area contributed by atoms with Crippen molar-refractivity contribution in [2.45, 2.75) is 33.0 Å². The van der Waals surface area contributed by atoms with Gasteiger partial charge in [-0.15, -0.1) is 0 Å². The second-order valence-corrected chi connectivity index (χ2v) is 4.37. The van der Waals surface area contributed by atoms with Crippen molar-refractivity contribution in [3.63, 3.8) is 0 Å². The van der Waals surface area contributed by atoms with Crippen molar-refractivity contribution >= 4 is 10.9 Å². The number of aliphatic hydroxyl groups is 1. The van der Waals surface area contributed by atoms with Crippen LogP contribution >= 0.6 is 0 Å². The second-order valence-electron chi connectivity index (χ2n) is 4.37. The van der Waals surface area contributed by atoms with Gasteiger partial charge in [-0.05, 0) is 31.5 Å². The Morgan fingerprint density at radius 3 is 2.69 bits per heavy atom. The molecule has 0 atom stereocenters. The van der Waals surface area contributed by atoms with E-state index in [0.717, 1.165) is 22.0 Å². The van der Waals surface area contributed by atoms with Gasteiger partial charge in [0.25, 0.3) is 0 Å². The Kier molecular flexibility index (Phi) is 2.99. The van der Waals surface area contributed by atoms with Crippen molar-refractivity contribution in [1.82, 2.24) is 4.57 Å². The molecule has 0 saturated heterocycles. The van der Waals surface area contributed by atoms with Crippen molar-refractivity contribution in [1.29, 1.82) is 0 Å². The molecular weight excluding hydrogens is 200 g/mol. The molecule has 3 N–H and O–H groups in total. The molecule has 1 heterocycles. The van der Waals surface area contributed by atoms with E-state index in [4.69, 9.17) is 5.73 Å². The number of nitrogens with two attached hydrogens (primary N) is 1. The summed E-state index contributed by atoms with van der Waals surface area (Å²) in [6, 6.07) is 6.59. The topological polar surface area (TPSA) is 51.2 Å². The predicted molar refractivity (Wildman–Crippen MR) is 66.1 cm³/mol. The molecule has 3 nitrogen and oxygen atoms in total. The van der Waals surface area contributed by atoms with Crippen LogP contribution in [0.5, 0.6) is 0 Å². The summed E-state index contributed by atoms with van der Waals surface area (Å²) >= 11 is 0. The number of hydrogen-bond acceptors (Lipinski definition) is 2. The zero-order valence-corrected chi connectivity index (χ0v) is 9.77. The third kappa shape index (κ3) is 1.72. The Balaban J connectivity index is 2.69. The highest BCUT2D eigenvalue weighted by molar-refractivity contribution is 5.84. The fourth-order valence-electron chi connectivity index (χ4n) is 2.05. The van der Waals surface area contributed by atoms with Gasteiger partial charge in [0.15, 0.2) is 0 Å². The van der Waals surface area contributed by atoms with E-state index < -0.39 is 0 Å². The van der Waals surface area contributed by atoms with E-state index in [2.05, 4.69) is 30.5 Å². The Morgan fingerprint density at radius 2 is 2.12 bits per heavy atom. The summed E-state index contributed by atoms with van der Waals surface area (Å²) in [5.74, 6) is 0. The van der Waals surface area contributed by atoms with Gasteiger partial charge in [0.1, 0.15) is 0 Å². The van der Waals surface area contributed by atoms with Gasteiger partial charge in [0.2, 0.25) is 0 Å². The maximum Gasteiger partial charge on any atom is 0.0702 e. The molecule has 86 valence electrons. The van der Waals surface area contributed by atoms with Crippen molar-refractivity contribution in [3.8, 4) is 0 Å². The Labute approximate surface area is 95.5 Å². The summed E-state index contributed by atoms with van der Waals surface area (Å²) in [6.45, 7) is 4.88. The molecule has 0 amide bonds. The molecule has 3 heteroatoms. The van der Waals surface area contributed by atoms with E-state index in [1.54, 1.807) is 0 Å². The summed E-state index contributed by atoms with van der Waals surface area (Å²) < 4.78 is 2.18. The van der Waals surface area contributed by atoms with Crippen LogP contribution in [0.25, 0.3) is 10.9 Å². The SMILES string of the molecule is CC(C)n1cc(CO)c2cc(CN)ccc21. The number of nitrogens with zero attached hydrogens (tertiary/aromatic N) is 1. The first-order valence-corrected chi connectivity index (χ1v) is 5.60. The fourth-order valence-corrected chi connectivity index (χ4v) is 2.05. The smallest absolute Gasteiger partial charge is 0.0702 e. The molecular formula is C13H18N2O. The molecule has 0 radical (unpaired) electrons. The normalized spacial score (nSPS) is 11.6. The third-order valence-corrected chi connectivity index (χ3v) is 2.94. The van der Waals surface area contributed by atoms with Gasteiger partial charge in [0.05, 0.1) is 6.61 Å². The summed E-state index contributed by atoms with van der Waals surface area (Å²) in [5, 5.41) is 10.5. The molecule has 0 saturated carbocycles. The number of benzene rings is 1. The first kappa shape index (κ1) is 11.2. The van der Waals surface area contributed by atoms with Crippen LogP contribution in [-0.4, -0.2) is 9.67 Å². The number of aliphatic hydroxyl groups excluding tert-OH is 1. The molecule has 0 spiro atoms. The lowest BCUT2D eigenvalue weighted by Gasteiger charge is -2.09. The average molecular weight is 218 g/mol. The van der Waals surface area contributed by atoms with Crippen LogP contribution in [0.2, 0.25) is 0 Å². The van der Waals surface area contributed by atoms with Gasteiger partial charge in [-0.25, -0.2) is 0 Å². The van der Waals surface area contributed by atoms with Crippen molar-refractivity contribution in [3.05, 3.63) is 35.5 Å². The van der Waals surface area contributed by atoms with Gasteiger partial charge in [-0.2, -0.15) is 0 Å². The van der Waals surface area contributed by atoms with Crippen molar-refractivity contribution in [2.24, 2.45) is 5.73 Å². The minimum Gasteiger partial charge on any atom is -0.392 e. The van der Waals surface area contributed by atoms with Gasteiger partial charge >= 0.3 is 0 Å².